The lowest BCUT2D eigenvalue weighted by atomic mass is 9.98. The highest BCUT2D eigenvalue weighted by molar-refractivity contribution is 5.81. The Kier molecular flexibility index (Phi) is 15.2. The van der Waals surface area contributed by atoms with Gasteiger partial charge < -0.3 is 38.4 Å². The molecule has 3 aliphatic rings. The standard InChI is InChI=1S/C55H60N6O9/c1-57(58(2)54(65)69-36-49-45-17-7-3-13-41(45)42-14-4-8-18-46(42)49)35-40-34-38-12-11-25-56-53(38)60(40)28-23-51(62)59-26-21-39(22-27-59)61(29-31-68-33-32-67-30-24-52(63)64)55(66)70-37-50-47-19-9-5-15-43(47)44-16-6-10-20-48(44)50/h3-20,25,34,39,49-50H,21-24,26-33,35-37H2,1-2H3,(H,63,64). The number of carboxylic acid groups (broad SMARTS) is 1. The summed E-state index contributed by atoms with van der Waals surface area (Å²) in [5.41, 5.74) is 10.8. The van der Waals surface area contributed by atoms with E-state index in [1.807, 2.05) is 72.6 Å². The molecule has 1 aliphatic heterocycles. The number of ether oxygens (including phenoxy) is 4. The van der Waals surface area contributed by atoms with Gasteiger partial charge in [0.1, 0.15) is 18.9 Å². The normalized spacial score (nSPS) is 14.3. The third-order valence-corrected chi connectivity index (χ3v) is 13.9. The lowest BCUT2D eigenvalue weighted by Gasteiger charge is -2.38. The van der Waals surface area contributed by atoms with Gasteiger partial charge in [0.05, 0.1) is 39.4 Å². The summed E-state index contributed by atoms with van der Waals surface area (Å²) in [5, 5.41) is 13.1. The highest BCUT2D eigenvalue weighted by Gasteiger charge is 2.34. The molecule has 1 N–H and O–H groups in total. The van der Waals surface area contributed by atoms with Crippen LogP contribution in [0.2, 0.25) is 0 Å². The van der Waals surface area contributed by atoms with Crippen molar-refractivity contribution in [2.45, 2.75) is 56.7 Å². The van der Waals surface area contributed by atoms with Gasteiger partial charge in [0.15, 0.2) is 0 Å². The monoisotopic (exact) mass is 948 g/mol. The van der Waals surface area contributed by atoms with Crippen LogP contribution in [0.5, 0.6) is 0 Å². The Morgan fingerprint density at radius 3 is 1.74 bits per heavy atom. The molecular weight excluding hydrogens is 889 g/mol. The van der Waals surface area contributed by atoms with E-state index in [1.165, 1.54) is 16.1 Å². The predicted octanol–water partition coefficient (Wildman–Crippen LogP) is 8.40. The van der Waals surface area contributed by atoms with Gasteiger partial charge in [0, 0.05) is 81.8 Å². The molecule has 0 spiro atoms. The van der Waals surface area contributed by atoms with Crippen molar-refractivity contribution in [1.29, 1.82) is 0 Å². The van der Waals surface area contributed by atoms with Crippen LogP contribution >= 0.6 is 0 Å². The van der Waals surface area contributed by atoms with Gasteiger partial charge in [0.2, 0.25) is 5.91 Å². The second-order valence-electron chi connectivity index (χ2n) is 18.1. The number of hydrazine groups is 1. The van der Waals surface area contributed by atoms with E-state index in [4.69, 9.17) is 24.1 Å². The fourth-order valence-electron chi connectivity index (χ4n) is 10.2. The molecule has 3 heterocycles. The fraction of sp³-hybridized carbons (Fsp3) is 0.364. The number of amides is 3. The van der Waals surface area contributed by atoms with E-state index in [9.17, 15) is 19.2 Å². The Balaban J connectivity index is 0.799. The van der Waals surface area contributed by atoms with Gasteiger partial charge in [-0.2, -0.15) is 0 Å². The largest absolute Gasteiger partial charge is 0.481 e. The molecule has 15 heteroatoms. The first-order valence-electron chi connectivity index (χ1n) is 24.2. The van der Waals surface area contributed by atoms with Crippen molar-refractivity contribution in [3.05, 3.63) is 149 Å². The number of carbonyl (C=O) groups excluding carboxylic acids is 3. The van der Waals surface area contributed by atoms with E-state index in [2.05, 4.69) is 64.1 Å². The molecule has 2 aliphatic carbocycles. The number of nitrogens with zero attached hydrogens (tertiary/aromatic N) is 6. The van der Waals surface area contributed by atoms with Crippen LogP contribution in [0, 0.1) is 0 Å². The Bertz CT molecular complexity index is 2730. The number of likely N-dealkylation sites (tertiary alicyclic amines) is 1. The number of carboxylic acids is 1. The first-order valence-corrected chi connectivity index (χ1v) is 24.2. The zero-order valence-electron chi connectivity index (χ0n) is 39.8. The quantitative estimate of drug-likeness (QED) is 0.0579. The first-order chi connectivity index (χ1) is 34.2. The summed E-state index contributed by atoms with van der Waals surface area (Å²) in [4.78, 5) is 60.7. The van der Waals surface area contributed by atoms with Crippen molar-refractivity contribution in [3.63, 3.8) is 0 Å². The topological polar surface area (TPSA) is 156 Å². The maximum absolute atomic E-state index is 14.1. The van der Waals surface area contributed by atoms with Crippen molar-refractivity contribution in [2.75, 3.05) is 73.4 Å². The van der Waals surface area contributed by atoms with E-state index in [0.29, 0.717) is 39.0 Å². The number of rotatable bonds is 20. The Hall–Kier alpha value is -7.07. The minimum Gasteiger partial charge on any atom is -0.481 e. The smallest absolute Gasteiger partial charge is 0.424 e. The lowest BCUT2D eigenvalue weighted by Crippen LogP contribution is -2.50. The third-order valence-electron chi connectivity index (χ3n) is 13.9. The summed E-state index contributed by atoms with van der Waals surface area (Å²) >= 11 is 0. The van der Waals surface area contributed by atoms with Crippen LogP contribution in [0.4, 0.5) is 9.59 Å². The summed E-state index contributed by atoms with van der Waals surface area (Å²) in [6, 6.07) is 38.7. The molecule has 0 atom stereocenters. The summed E-state index contributed by atoms with van der Waals surface area (Å²) in [6.07, 6.45) is 2.14. The number of hydrogen-bond acceptors (Lipinski definition) is 10. The first kappa shape index (κ1) is 48.0. The van der Waals surface area contributed by atoms with Gasteiger partial charge in [-0.3, -0.25) is 9.59 Å². The highest BCUT2D eigenvalue weighted by Crippen LogP contribution is 2.46. The van der Waals surface area contributed by atoms with Crippen LogP contribution in [-0.4, -0.2) is 138 Å². The lowest BCUT2D eigenvalue weighted by molar-refractivity contribution is -0.138. The number of piperidine rings is 1. The number of hydrogen-bond donors (Lipinski definition) is 1. The zero-order chi connectivity index (χ0) is 48.6. The van der Waals surface area contributed by atoms with Crippen molar-refractivity contribution in [3.8, 4) is 22.3 Å². The molecule has 0 bridgehead atoms. The minimum atomic E-state index is -0.924. The predicted molar refractivity (Wildman–Crippen MR) is 264 cm³/mol. The Morgan fingerprint density at radius 1 is 0.657 bits per heavy atom. The SMILES string of the molecule is CN(Cc1cc2cccnc2n1CCC(=O)N1CCC(N(CCOCCOCCC(=O)O)C(=O)OCC2c3ccccc3-c3ccccc32)CC1)N(C)C(=O)OCC1c2ccccc2-c2ccccc21. The Morgan fingerprint density at radius 2 is 1.19 bits per heavy atom. The number of aromatic nitrogens is 2. The van der Waals surface area contributed by atoms with Crippen molar-refractivity contribution in [2.24, 2.45) is 0 Å². The number of aryl methyl sites for hydroxylation is 1. The molecule has 9 rings (SSSR count). The van der Waals surface area contributed by atoms with E-state index < -0.39 is 18.2 Å². The van der Waals surface area contributed by atoms with Crippen molar-refractivity contribution >= 4 is 35.1 Å². The van der Waals surface area contributed by atoms with Crippen LogP contribution in [0.3, 0.4) is 0 Å². The molecule has 0 saturated carbocycles. The fourth-order valence-corrected chi connectivity index (χ4v) is 10.2. The number of fused-ring (bicyclic) bond motifs is 7. The molecule has 1 fully saturated rings. The summed E-state index contributed by atoms with van der Waals surface area (Å²) < 4.78 is 25.3. The summed E-state index contributed by atoms with van der Waals surface area (Å²) in [5.74, 6) is -1.06. The van der Waals surface area contributed by atoms with E-state index >= 15 is 0 Å². The molecule has 70 heavy (non-hydrogen) atoms. The van der Waals surface area contributed by atoms with Crippen LogP contribution in [-0.2, 0) is 41.6 Å². The summed E-state index contributed by atoms with van der Waals surface area (Å²) in [7, 11) is 3.53. The second-order valence-corrected chi connectivity index (χ2v) is 18.1. The van der Waals surface area contributed by atoms with Crippen LogP contribution in [0.15, 0.2) is 121 Å². The highest BCUT2D eigenvalue weighted by atomic mass is 16.6. The van der Waals surface area contributed by atoms with Crippen molar-refractivity contribution in [1.82, 2.24) is 29.4 Å². The van der Waals surface area contributed by atoms with Gasteiger partial charge in [-0.05, 0) is 75.5 Å². The average molecular weight is 949 g/mol. The van der Waals surface area contributed by atoms with Crippen LogP contribution in [0.1, 0.15) is 65.5 Å². The van der Waals surface area contributed by atoms with Gasteiger partial charge in [-0.25, -0.2) is 24.6 Å². The number of aliphatic carboxylic acids is 1. The van der Waals surface area contributed by atoms with E-state index in [0.717, 1.165) is 50.1 Å². The maximum Gasteiger partial charge on any atom is 0.424 e. The number of pyridine rings is 1. The van der Waals surface area contributed by atoms with E-state index in [1.54, 1.807) is 23.2 Å². The Labute approximate surface area is 408 Å². The van der Waals surface area contributed by atoms with Crippen LogP contribution in [0.25, 0.3) is 33.3 Å². The molecule has 2 aromatic heterocycles. The number of benzene rings is 4. The molecule has 364 valence electrons. The molecule has 3 amide bonds. The van der Waals surface area contributed by atoms with Crippen molar-refractivity contribution < 1.29 is 43.2 Å². The zero-order valence-corrected chi connectivity index (χ0v) is 39.8. The molecule has 6 aromatic rings. The molecule has 4 aromatic carbocycles. The van der Waals surface area contributed by atoms with Gasteiger partial charge in [0.25, 0.3) is 0 Å². The summed E-state index contributed by atoms with van der Waals surface area (Å²) in [6.45, 7) is 3.22. The third kappa shape index (κ3) is 10.6. The second kappa shape index (κ2) is 22.1. The molecule has 1 saturated heterocycles. The molecule has 0 radical (unpaired) electrons. The number of carbonyl (C=O) groups is 4. The maximum atomic E-state index is 14.1. The van der Waals surface area contributed by atoms with E-state index in [-0.39, 0.29) is 82.8 Å². The van der Waals surface area contributed by atoms with Gasteiger partial charge >= 0.3 is 18.2 Å². The average Bonchev–Trinajstić information content (AvgIpc) is 4.02. The molecule has 15 nitrogen and oxygen atoms in total. The van der Waals surface area contributed by atoms with Gasteiger partial charge in [-0.15, -0.1) is 0 Å². The minimum absolute atomic E-state index is 0.00483. The van der Waals surface area contributed by atoms with Gasteiger partial charge in [-0.1, -0.05) is 97.1 Å². The molecule has 0 unspecified atom stereocenters. The van der Waals surface area contributed by atoms with Crippen LogP contribution < -0.4 is 0 Å². The molecular formula is C55H60N6O9.